The van der Waals surface area contributed by atoms with Crippen LogP contribution >= 0.6 is 0 Å². The highest BCUT2D eigenvalue weighted by Crippen LogP contribution is 2.35. The van der Waals surface area contributed by atoms with Gasteiger partial charge in [0.05, 0.1) is 19.8 Å². The number of benzene rings is 1. The predicted octanol–water partition coefficient (Wildman–Crippen LogP) is 2.78. The second kappa shape index (κ2) is 8.88. The molecule has 2 atom stereocenters. The molecule has 0 spiro atoms. The minimum absolute atomic E-state index is 0.409. The van der Waals surface area contributed by atoms with Crippen LogP contribution in [0.2, 0.25) is 0 Å². The molecular weight excluding hydrogens is 316 g/mol. The van der Waals surface area contributed by atoms with E-state index in [4.69, 9.17) is 14.2 Å². The standard InChI is InChI=1S/C20H32N2O3/c1-21(2)11-13-25-20-16(7-6-10-19(20)23-3)15-22-12-14-24-18-9-5-4-8-17(18)22/h6-7,10,17-18H,4-5,8-9,11-15H2,1-3H3/t17-,18-/m1/s1. The third-order valence-corrected chi connectivity index (χ3v) is 5.29. The molecule has 3 rings (SSSR count). The Bertz CT molecular complexity index is 548. The molecule has 140 valence electrons. The van der Waals surface area contributed by atoms with E-state index in [-0.39, 0.29) is 0 Å². The number of methoxy groups -OCH3 is 1. The van der Waals surface area contributed by atoms with E-state index in [0.29, 0.717) is 18.8 Å². The summed E-state index contributed by atoms with van der Waals surface area (Å²) in [5.74, 6) is 1.72. The van der Waals surface area contributed by atoms with Gasteiger partial charge in [0.1, 0.15) is 6.61 Å². The van der Waals surface area contributed by atoms with Crippen LogP contribution in [0.4, 0.5) is 0 Å². The summed E-state index contributed by atoms with van der Waals surface area (Å²) in [5.41, 5.74) is 1.21. The van der Waals surface area contributed by atoms with Gasteiger partial charge in [-0.05, 0) is 33.0 Å². The van der Waals surface area contributed by atoms with Gasteiger partial charge in [-0.1, -0.05) is 25.0 Å². The Morgan fingerprint density at radius 2 is 2.08 bits per heavy atom. The lowest BCUT2D eigenvalue weighted by Gasteiger charge is -2.44. The normalized spacial score (nSPS) is 24.2. The average molecular weight is 348 g/mol. The Labute approximate surface area is 151 Å². The van der Waals surface area contributed by atoms with E-state index >= 15 is 0 Å². The largest absolute Gasteiger partial charge is 0.493 e. The van der Waals surface area contributed by atoms with Crippen molar-refractivity contribution >= 4 is 0 Å². The van der Waals surface area contributed by atoms with Crippen LogP contribution in [0.15, 0.2) is 18.2 Å². The van der Waals surface area contributed by atoms with Gasteiger partial charge in [0.15, 0.2) is 11.5 Å². The van der Waals surface area contributed by atoms with Crippen molar-refractivity contribution in [2.24, 2.45) is 0 Å². The molecule has 1 heterocycles. The number of para-hydroxylation sites is 1. The van der Waals surface area contributed by atoms with Crippen molar-refractivity contribution in [2.75, 3.05) is 47.5 Å². The Hall–Kier alpha value is -1.30. The molecule has 0 bridgehead atoms. The van der Waals surface area contributed by atoms with Crippen LogP contribution in [0.25, 0.3) is 0 Å². The molecule has 1 saturated heterocycles. The van der Waals surface area contributed by atoms with Crippen LogP contribution in [0.5, 0.6) is 11.5 Å². The first-order valence-corrected chi connectivity index (χ1v) is 9.48. The van der Waals surface area contributed by atoms with E-state index in [9.17, 15) is 0 Å². The monoisotopic (exact) mass is 348 g/mol. The summed E-state index contributed by atoms with van der Waals surface area (Å²) in [6.45, 7) is 4.28. The highest BCUT2D eigenvalue weighted by molar-refractivity contribution is 5.46. The van der Waals surface area contributed by atoms with Crippen LogP contribution in [-0.2, 0) is 11.3 Å². The fourth-order valence-electron chi connectivity index (χ4n) is 3.93. The third-order valence-electron chi connectivity index (χ3n) is 5.29. The van der Waals surface area contributed by atoms with E-state index in [2.05, 4.69) is 36.0 Å². The number of likely N-dealkylation sites (N-methyl/N-ethyl adjacent to an activating group) is 1. The Kier molecular flexibility index (Phi) is 6.57. The quantitative estimate of drug-likeness (QED) is 0.757. The summed E-state index contributed by atoms with van der Waals surface area (Å²) in [5, 5.41) is 0. The van der Waals surface area contributed by atoms with Gasteiger partial charge in [-0.15, -0.1) is 0 Å². The molecule has 0 aromatic heterocycles. The highest BCUT2D eigenvalue weighted by atomic mass is 16.5. The molecule has 1 saturated carbocycles. The average Bonchev–Trinajstić information content (AvgIpc) is 2.63. The first-order valence-electron chi connectivity index (χ1n) is 9.48. The number of hydrogen-bond acceptors (Lipinski definition) is 5. The van der Waals surface area contributed by atoms with Crippen LogP contribution in [0, 0.1) is 0 Å². The zero-order chi connectivity index (χ0) is 17.6. The first-order chi connectivity index (χ1) is 12.2. The summed E-state index contributed by atoms with van der Waals surface area (Å²) < 4.78 is 17.7. The Morgan fingerprint density at radius 3 is 2.88 bits per heavy atom. The van der Waals surface area contributed by atoms with Crippen molar-refractivity contribution in [1.29, 1.82) is 0 Å². The second-order valence-corrected chi connectivity index (χ2v) is 7.33. The molecule has 2 aliphatic rings. The predicted molar refractivity (Wildman–Crippen MR) is 99.4 cm³/mol. The Morgan fingerprint density at radius 1 is 1.24 bits per heavy atom. The van der Waals surface area contributed by atoms with Crippen molar-refractivity contribution in [2.45, 2.75) is 44.4 Å². The summed E-state index contributed by atoms with van der Waals surface area (Å²) in [7, 11) is 5.83. The zero-order valence-electron chi connectivity index (χ0n) is 15.9. The number of morpholine rings is 1. The number of hydrogen-bond donors (Lipinski definition) is 0. The van der Waals surface area contributed by atoms with Gasteiger partial charge in [0.2, 0.25) is 0 Å². The van der Waals surface area contributed by atoms with E-state index in [1.165, 1.54) is 31.2 Å². The first kappa shape index (κ1) is 18.5. The molecule has 0 amide bonds. The zero-order valence-corrected chi connectivity index (χ0v) is 15.9. The lowest BCUT2D eigenvalue weighted by Crippen LogP contribution is -2.52. The molecule has 2 fully saturated rings. The maximum atomic E-state index is 6.12. The number of nitrogens with zero attached hydrogens (tertiary/aromatic N) is 2. The number of ether oxygens (including phenoxy) is 3. The number of rotatable bonds is 7. The second-order valence-electron chi connectivity index (χ2n) is 7.33. The fourth-order valence-corrected chi connectivity index (χ4v) is 3.93. The van der Waals surface area contributed by atoms with Gasteiger partial charge in [0.25, 0.3) is 0 Å². The maximum absolute atomic E-state index is 6.12. The van der Waals surface area contributed by atoms with Crippen molar-refractivity contribution < 1.29 is 14.2 Å². The molecule has 5 heteroatoms. The van der Waals surface area contributed by atoms with Gasteiger partial charge in [-0.2, -0.15) is 0 Å². The Balaban J connectivity index is 1.74. The summed E-state index contributed by atoms with van der Waals surface area (Å²) in [6, 6.07) is 6.76. The van der Waals surface area contributed by atoms with Crippen molar-refractivity contribution in [1.82, 2.24) is 9.80 Å². The maximum Gasteiger partial charge on any atom is 0.165 e. The molecular formula is C20H32N2O3. The lowest BCUT2D eigenvalue weighted by atomic mass is 9.90. The molecule has 25 heavy (non-hydrogen) atoms. The van der Waals surface area contributed by atoms with Crippen LogP contribution in [0.1, 0.15) is 31.2 Å². The molecule has 0 N–H and O–H groups in total. The fraction of sp³-hybridized carbons (Fsp3) is 0.700. The molecule has 5 nitrogen and oxygen atoms in total. The van der Waals surface area contributed by atoms with Crippen LogP contribution < -0.4 is 9.47 Å². The summed E-state index contributed by atoms with van der Waals surface area (Å²) >= 11 is 0. The van der Waals surface area contributed by atoms with Crippen LogP contribution in [0.3, 0.4) is 0 Å². The molecule has 1 aliphatic carbocycles. The molecule has 1 aromatic rings. The highest BCUT2D eigenvalue weighted by Gasteiger charge is 2.34. The molecule has 0 radical (unpaired) electrons. The number of fused-ring (bicyclic) bond motifs is 1. The van der Waals surface area contributed by atoms with Crippen molar-refractivity contribution in [3.05, 3.63) is 23.8 Å². The topological polar surface area (TPSA) is 34.2 Å². The summed E-state index contributed by atoms with van der Waals surface area (Å²) in [4.78, 5) is 4.71. The van der Waals surface area contributed by atoms with E-state index in [1.807, 2.05) is 6.07 Å². The van der Waals surface area contributed by atoms with Crippen LogP contribution in [-0.4, -0.2) is 69.5 Å². The molecule has 1 aromatic carbocycles. The van der Waals surface area contributed by atoms with E-state index in [1.54, 1.807) is 7.11 Å². The van der Waals surface area contributed by atoms with Gasteiger partial charge in [-0.25, -0.2) is 0 Å². The smallest absolute Gasteiger partial charge is 0.165 e. The van der Waals surface area contributed by atoms with Gasteiger partial charge in [0, 0.05) is 31.2 Å². The minimum Gasteiger partial charge on any atom is -0.493 e. The van der Waals surface area contributed by atoms with E-state index in [0.717, 1.165) is 37.7 Å². The molecule has 0 unspecified atom stereocenters. The van der Waals surface area contributed by atoms with Gasteiger partial charge < -0.3 is 19.1 Å². The van der Waals surface area contributed by atoms with Gasteiger partial charge >= 0.3 is 0 Å². The SMILES string of the molecule is COc1cccc(CN2CCO[C@@H]3CCCC[C@H]32)c1OCCN(C)C. The van der Waals surface area contributed by atoms with E-state index < -0.39 is 0 Å². The molecule has 1 aliphatic heterocycles. The van der Waals surface area contributed by atoms with Gasteiger partial charge in [-0.3, -0.25) is 4.90 Å². The lowest BCUT2D eigenvalue weighted by molar-refractivity contribution is -0.0912. The van der Waals surface area contributed by atoms with Crippen molar-refractivity contribution in [3.8, 4) is 11.5 Å². The van der Waals surface area contributed by atoms with Crippen molar-refractivity contribution in [3.63, 3.8) is 0 Å². The minimum atomic E-state index is 0.409. The summed E-state index contributed by atoms with van der Waals surface area (Å²) in [6.07, 6.45) is 5.46. The third kappa shape index (κ3) is 4.66.